The van der Waals surface area contributed by atoms with E-state index in [2.05, 4.69) is 197 Å². The zero-order chi connectivity index (χ0) is 34.0. The van der Waals surface area contributed by atoms with Gasteiger partial charge in [0.25, 0.3) is 0 Å². The highest BCUT2D eigenvalue weighted by molar-refractivity contribution is 5.81. The standard InChI is InChI=1S/C19H17N.C16H16.C13H12/c1-14-11-12-19-17(13-14)16-9-5-6-10-18(16)20(19)15-7-3-2-4-8-15;1-11-8-9-13-12-6-4-5-7-14(12)16(2,3)15(13)10-11;1-11-7-9-13(10-8-11)12-5-3-2-4-6-12/h2-8,10-13,16H,9H2,1H3;4-10H,1-3H3;2-10H,1H3. The Bertz CT molecular complexity index is 2130. The first kappa shape index (κ1) is 32.2. The molecule has 1 heteroatoms. The summed E-state index contributed by atoms with van der Waals surface area (Å²) in [6.07, 6.45) is 7.82. The van der Waals surface area contributed by atoms with Gasteiger partial charge in [0.15, 0.2) is 0 Å². The second-order valence-corrected chi connectivity index (χ2v) is 14.0. The van der Waals surface area contributed by atoms with E-state index in [1.807, 2.05) is 6.07 Å². The molecule has 0 saturated heterocycles. The molecule has 1 nitrogen and oxygen atoms in total. The number of rotatable bonds is 2. The molecule has 0 fully saturated rings. The highest BCUT2D eigenvalue weighted by Crippen LogP contribution is 2.51. The number of benzene rings is 6. The van der Waals surface area contributed by atoms with Crippen molar-refractivity contribution in [2.45, 2.75) is 52.4 Å². The zero-order valence-electron chi connectivity index (χ0n) is 29.3. The monoisotopic (exact) mass is 635 g/mol. The summed E-state index contributed by atoms with van der Waals surface area (Å²) in [7, 11) is 0. The first-order valence-electron chi connectivity index (χ1n) is 17.5. The van der Waals surface area contributed by atoms with Crippen LogP contribution >= 0.6 is 0 Å². The maximum atomic E-state index is 2.41. The molecule has 0 radical (unpaired) electrons. The van der Waals surface area contributed by atoms with Crippen molar-refractivity contribution < 1.29 is 0 Å². The maximum absolute atomic E-state index is 2.41. The second-order valence-electron chi connectivity index (χ2n) is 14.0. The molecule has 0 saturated carbocycles. The van der Waals surface area contributed by atoms with Crippen LogP contribution in [0.3, 0.4) is 0 Å². The Morgan fingerprint density at radius 1 is 0.551 bits per heavy atom. The van der Waals surface area contributed by atoms with Crippen molar-refractivity contribution in [3.8, 4) is 22.3 Å². The number of hydrogen-bond acceptors (Lipinski definition) is 1. The van der Waals surface area contributed by atoms with Gasteiger partial charge in [0.2, 0.25) is 0 Å². The van der Waals surface area contributed by atoms with Crippen LogP contribution in [0.25, 0.3) is 22.3 Å². The van der Waals surface area contributed by atoms with Crippen molar-refractivity contribution in [1.29, 1.82) is 0 Å². The van der Waals surface area contributed by atoms with Crippen molar-refractivity contribution in [3.63, 3.8) is 0 Å². The van der Waals surface area contributed by atoms with Crippen molar-refractivity contribution in [2.75, 3.05) is 4.90 Å². The summed E-state index contributed by atoms with van der Waals surface area (Å²) in [6, 6.07) is 52.0. The smallest absolute Gasteiger partial charge is 0.0497 e. The van der Waals surface area contributed by atoms with Gasteiger partial charge in [-0.2, -0.15) is 0 Å². The third-order valence-electron chi connectivity index (χ3n) is 10.1. The van der Waals surface area contributed by atoms with E-state index in [0.29, 0.717) is 5.92 Å². The molecule has 9 rings (SSSR count). The molecule has 2 aliphatic carbocycles. The normalized spacial score (nSPS) is 15.7. The van der Waals surface area contributed by atoms with Crippen LogP contribution < -0.4 is 4.90 Å². The molecule has 1 aliphatic heterocycles. The summed E-state index contributed by atoms with van der Waals surface area (Å²) in [4.78, 5) is 2.41. The molecule has 0 bridgehead atoms. The summed E-state index contributed by atoms with van der Waals surface area (Å²) in [5.74, 6) is 0.509. The lowest BCUT2D eigenvalue weighted by atomic mass is 9.82. The Morgan fingerprint density at radius 2 is 1.14 bits per heavy atom. The molecule has 242 valence electrons. The zero-order valence-corrected chi connectivity index (χ0v) is 29.3. The van der Waals surface area contributed by atoms with E-state index in [4.69, 9.17) is 0 Å². The van der Waals surface area contributed by atoms with E-state index in [1.54, 1.807) is 0 Å². The van der Waals surface area contributed by atoms with Crippen LogP contribution in [0.4, 0.5) is 11.4 Å². The molecule has 0 spiro atoms. The van der Waals surface area contributed by atoms with Crippen LogP contribution in [0.2, 0.25) is 0 Å². The summed E-state index contributed by atoms with van der Waals surface area (Å²) in [5, 5.41) is 0. The topological polar surface area (TPSA) is 3.24 Å². The number of nitrogens with zero attached hydrogens (tertiary/aromatic N) is 1. The van der Waals surface area contributed by atoms with Gasteiger partial charge in [0.1, 0.15) is 0 Å². The molecule has 0 N–H and O–H groups in total. The van der Waals surface area contributed by atoms with Gasteiger partial charge < -0.3 is 4.90 Å². The van der Waals surface area contributed by atoms with Gasteiger partial charge in [-0.25, -0.2) is 0 Å². The Labute approximate surface area is 292 Å². The van der Waals surface area contributed by atoms with Crippen LogP contribution in [-0.4, -0.2) is 0 Å². The molecule has 0 aromatic heterocycles. The second kappa shape index (κ2) is 13.6. The van der Waals surface area contributed by atoms with E-state index in [1.165, 1.54) is 72.7 Å². The third kappa shape index (κ3) is 6.42. The Hall–Kier alpha value is -5.40. The van der Waals surface area contributed by atoms with E-state index in [-0.39, 0.29) is 5.41 Å². The fraction of sp³-hybridized carbons (Fsp3) is 0.167. The molecular formula is C48H45N. The van der Waals surface area contributed by atoms with E-state index in [9.17, 15) is 0 Å². The van der Waals surface area contributed by atoms with Gasteiger partial charge >= 0.3 is 0 Å². The van der Waals surface area contributed by atoms with Crippen LogP contribution in [0, 0.1) is 20.8 Å². The van der Waals surface area contributed by atoms with Crippen LogP contribution in [0.5, 0.6) is 0 Å². The fourth-order valence-electron chi connectivity index (χ4n) is 7.49. The number of aryl methyl sites for hydroxylation is 3. The summed E-state index contributed by atoms with van der Waals surface area (Å²) >= 11 is 0. The van der Waals surface area contributed by atoms with E-state index in [0.717, 1.165) is 6.42 Å². The summed E-state index contributed by atoms with van der Waals surface area (Å²) < 4.78 is 0. The number of fused-ring (bicyclic) bond motifs is 6. The number of para-hydroxylation sites is 1. The minimum absolute atomic E-state index is 0.151. The lowest BCUT2D eigenvalue weighted by Crippen LogP contribution is -2.14. The van der Waals surface area contributed by atoms with Gasteiger partial charge in [-0.05, 0) is 90.4 Å². The molecular weight excluding hydrogens is 591 g/mol. The fourth-order valence-corrected chi connectivity index (χ4v) is 7.49. The first-order chi connectivity index (χ1) is 23.8. The van der Waals surface area contributed by atoms with Crippen LogP contribution in [-0.2, 0) is 5.41 Å². The molecule has 1 atom stereocenters. The Balaban J connectivity index is 0.000000119. The number of allylic oxidation sites excluding steroid dienone is 4. The quantitative estimate of drug-likeness (QED) is 0.183. The largest absolute Gasteiger partial charge is 0.313 e. The SMILES string of the molecule is Cc1ccc(-c2ccccc2)cc1.Cc1ccc2c(c1)C(C)(C)c1ccccc1-2.Cc1ccc2c(c1)C1CC=CC=C1N2c1ccccc1. The van der Waals surface area contributed by atoms with Gasteiger partial charge in [-0.15, -0.1) is 0 Å². The van der Waals surface area contributed by atoms with Gasteiger partial charge in [-0.3, -0.25) is 0 Å². The highest BCUT2D eigenvalue weighted by Gasteiger charge is 2.35. The van der Waals surface area contributed by atoms with Gasteiger partial charge in [0.05, 0.1) is 0 Å². The molecule has 6 aromatic carbocycles. The summed E-state index contributed by atoms with van der Waals surface area (Å²) in [6.45, 7) is 11.1. The number of anilines is 2. The molecule has 6 aromatic rings. The minimum atomic E-state index is 0.151. The Kier molecular flexibility index (Phi) is 8.93. The average molecular weight is 636 g/mol. The van der Waals surface area contributed by atoms with Crippen LogP contribution in [0.15, 0.2) is 170 Å². The lowest BCUT2D eigenvalue weighted by molar-refractivity contribution is 0.660. The molecule has 3 aliphatic rings. The Morgan fingerprint density at radius 3 is 1.90 bits per heavy atom. The lowest BCUT2D eigenvalue weighted by Gasteiger charge is -2.24. The predicted octanol–water partition coefficient (Wildman–Crippen LogP) is 13.0. The highest BCUT2D eigenvalue weighted by atomic mass is 15.2. The van der Waals surface area contributed by atoms with Crippen molar-refractivity contribution in [1.82, 2.24) is 0 Å². The predicted molar refractivity (Wildman–Crippen MR) is 210 cm³/mol. The number of hydrogen-bond donors (Lipinski definition) is 0. The maximum Gasteiger partial charge on any atom is 0.0497 e. The first-order valence-corrected chi connectivity index (χ1v) is 17.5. The van der Waals surface area contributed by atoms with Crippen molar-refractivity contribution >= 4 is 11.4 Å². The van der Waals surface area contributed by atoms with Crippen LogP contribution in [0.1, 0.15) is 59.6 Å². The van der Waals surface area contributed by atoms with E-state index < -0.39 is 0 Å². The molecule has 1 unspecified atom stereocenters. The van der Waals surface area contributed by atoms with Crippen molar-refractivity contribution in [3.05, 3.63) is 203 Å². The molecule has 0 amide bonds. The minimum Gasteiger partial charge on any atom is -0.313 e. The van der Waals surface area contributed by atoms with Crippen molar-refractivity contribution in [2.24, 2.45) is 0 Å². The molecule has 49 heavy (non-hydrogen) atoms. The van der Waals surface area contributed by atoms with Gasteiger partial charge in [-0.1, -0.05) is 170 Å². The third-order valence-corrected chi connectivity index (χ3v) is 10.1. The van der Waals surface area contributed by atoms with Gasteiger partial charge in [0, 0.05) is 28.4 Å². The molecule has 1 heterocycles. The summed E-state index contributed by atoms with van der Waals surface area (Å²) in [5.41, 5.74) is 17.9. The average Bonchev–Trinajstić information content (AvgIpc) is 3.58. The van der Waals surface area contributed by atoms with E-state index >= 15 is 0 Å².